The van der Waals surface area contributed by atoms with E-state index >= 15 is 0 Å². The smallest absolute Gasteiger partial charge is 0.244 e. The van der Waals surface area contributed by atoms with Crippen LogP contribution in [0, 0.1) is 5.92 Å². The number of hydrogen-bond acceptors (Lipinski definition) is 6. The molecule has 0 aliphatic carbocycles. The first-order chi connectivity index (χ1) is 9.29. The van der Waals surface area contributed by atoms with Crippen LogP contribution in [-0.4, -0.2) is 33.4 Å². The maximum Gasteiger partial charge on any atom is 0.244 e. The molecule has 0 spiro atoms. The molecule has 3 heterocycles. The van der Waals surface area contributed by atoms with Crippen molar-refractivity contribution in [1.29, 1.82) is 0 Å². The van der Waals surface area contributed by atoms with Crippen LogP contribution in [0.15, 0.2) is 4.52 Å². The Bertz CT molecular complexity index is 426. The Balaban J connectivity index is 1.76. The highest BCUT2D eigenvalue weighted by Crippen LogP contribution is 2.43. The fraction of sp³-hybridized carbons (Fsp3) is 0.846. The second-order valence-corrected chi connectivity index (χ2v) is 7.89. The van der Waals surface area contributed by atoms with Gasteiger partial charge in [0.1, 0.15) is 0 Å². The number of thioether (sulfide) groups is 2. The van der Waals surface area contributed by atoms with Gasteiger partial charge in [-0.05, 0) is 25.3 Å². The normalized spacial score (nSPS) is 35.7. The van der Waals surface area contributed by atoms with Crippen LogP contribution < -0.4 is 5.32 Å². The van der Waals surface area contributed by atoms with E-state index in [2.05, 4.69) is 36.1 Å². The Kier molecular flexibility index (Phi) is 4.39. The van der Waals surface area contributed by atoms with E-state index in [0.717, 1.165) is 18.3 Å². The lowest BCUT2D eigenvalue weighted by atomic mass is 10.0. The summed E-state index contributed by atoms with van der Waals surface area (Å²) < 4.78 is 5.52. The molecule has 1 aromatic rings. The number of nitrogens with zero attached hydrogens (tertiary/aromatic N) is 2. The highest BCUT2D eigenvalue weighted by molar-refractivity contribution is 8.06. The van der Waals surface area contributed by atoms with Crippen LogP contribution in [0.4, 0.5) is 0 Å². The lowest BCUT2D eigenvalue weighted by Crippen LogP contribution is -2.20. The summed E-state index contributed by atoms with van der Waals surface area (Å²) in [6, 6.07) is 0.252. The zero-order valence-electron chi connectivity index (χ0n) is 11.5. The summed E-state index contributed by atoms with van der Waals surface area (Å²) in [5.41, 5.74) is 0. The van der Waals surface area contributed by atoms with Gasteiger partial charge < -0.3 is 9.84 Å². The molecule has 0 aromatic carbocycles. The van der Waals surface area contributed by atoms with Crippen LogP contribution in [0.5, 0.6) is 0 Å². The van der Waals surface area contributed by atoms with Crippen molar-refractivity contribution in [2.75, 3.05) is 18.1 Å². The van der Waals surface area contributed by atoms with Gasteiger partial charge in [0.15, 0.2) is 5.82 Å². The quantitative estimate of drug-likeness (QED) is 0.926. The molecule has 6 heteroatoms. The number of nitrogens with one attached hydrogen (secondary N) is 1. The average Bonchev–Trinajstić information content (AvgIpc) is 3.07. The molecule has 0 radical (unpaired) electrons. The second kappa shape index (κ2) is 6.06. The molecular weight excluding hydrogens is 278 g/mol. The SMILES string of the molecule is CCC1SCCSC1c1noc(C2NCCC2C)n1. The minimum absolute atomic E-state index is 0.252. The van der Waals surface area contributed by atoms with Gasteiger partial charge in [-0.2, -0.15) is 16.7 Å². The molecule has 1 aromatic heterocycles. The van der Waals surface area contributed by atoms with Crippen molar-refractivity contribution >= 4 is 23.5 Å². The third kappa shape index (κ3) is 2.81. The van der Waals surface area contributed by atoms with Crippen molar-refractivity contribution in [3.63, 3.8) is 0 Å². The van der Waals surface area contributed by atoms with E-state index in [0.29, 0.717) is 16.4 Å². The molecule has 4 unspecified atom stereocenters. The first-order valence-corrected chi connectivity index (χ1v) is 9.19. The van der Waals surface area contributed by atoms with E-state index in [1.165, 1.54) is 24.3 Å². The molecule has 2 aliphatic rings. The van der Waals surface area contributed by atoms with Gasteiger partial charge in [0.25, 0.3) is 0 Å². The summed E-state index contributed by atoms with van der Waals surface area (Å²) >= 11 is 4.03. The van der Waals surface area contributed by atoms with Crippen molar-refractivity contribution in [2.24, 2.45) is 5.92 Å². The van der Waals surface area contributed by atoms with Gasteiger partial charge in [0.05, 0.1) is 11.3 Å². The minimum atomic E-state index is 0.252. The molecule has 4 nitrogen and oxygen atoms in total. The molecule has 4 atom stereocenters. The van der Waals surface area contributed by atoms with Crippen LogP contribution in [0.2, 0.25) is 0 Å². The number of rotatable bonds is 3. The van der Waals surface area contributed by atoms with Gasteiger partial charge in [-0.25, -0.2) is 0 Å². The van der Waals surface area contributed by atoms with E-state index in [4.69, 9.17) is 9.51 Å². The molecule has 0 amide bonds. The first-order valence-electron chi connectivity index (χ1n) is 7.09. The van der Waals surface area contributed by atoms with Crippen LogP contribution in [0.3, 0.4) is 0 Å². The van der Waals surface area contributed by atoms with Crippen molar-refractivity contribution in [3.05, 3.63) is 11.7 Å². The third-order valence-corrected chi connectivity index (χ3v) is 7.21. The fourth-order valence-electron chi connectivity index (χ4n) is 2.80. The van der Waals surface area contributed by atoms with E-state index in [1.807, 2.05) is 11.8 Å². The monoisotopic (exact) mass is 299 g/mol. The highest BCUT2D eigenvalue weighted by Gasteiger charge is 2.33. The molecule has 2 fully saturated rings. The van der Waals surface area contributed by atoms with Crippen molar-refractivity contribution in [1.82, 2.24) is 15.5 Å². The van der Waals surface area contributed by atoms with E-state index in [1.54, 1.807) is 0 Å². The maximum atomic E-state index is 5.52. The van der Waals surface area contributed by atoms with Gasteiger partial charge in [-0.1, -0.05) is 19.0 Å². The number of hydrogen-bond donors (Lipinski definition) is 1. The molecular formula is C13H21N3OS2. The van der Waals surface area contributed by atoms with Crippen LogP contribution >= 0.6 is 23.5 Å². The zero-order chi connectivity index (χ0) is 13.2. The van der Waals surface area contributed by atoms with E-state index in [9.17, 15) is 0 Å². The molecule has 3 rings (SSSR count). The van der Waals surface area contributed by atoms with Crippen molar-refractivity contribution in [3.8, 4) is 0 Å². The van der Waals surface area contributed by atoms with Crippen molar-refractivity contribution in [2.45, 2.75) is 43.2 Å². The predicted octanol–water partition coefficient (Wildman–Crippen LogP) is 3.04. The average molecular weight is 299 g/mol. The largest absolute Gasteiger partial charge is 0.338 e. The summed E-state index contributed by atoms with van der Waals surface area (Å²) in [7, 11) is 0. The van der Waals surface area contributed by atoms with Crippen molar-refractivity contribution < 1.29 is 4.52 Å². The molecule has 2 aliphatic heterocycles. The molecule has 19 heavy (non-hydrogen) atoms. The molecule has 2 saturated heterocycles. The summed E-state index contributed by atoms with van der Waals surface area (Å²) in [5.74, 6) is 4.70. The van der Waals surface area contributed by atoms with E-state index in [-0.39, 0.29) is 6.04 Å². The second-order valence-electron chi connectivity index (χ2n) is 5.30. The maximum absolute atomic E-state index is 5.52. The molecule has 0 saturated carbocycles. The Labute approximate surface area is 122 Å². The Morgan fingerprint density at radius 1 is 1.37 bits per heavy atom. The lowest BCUT2D eigenvalue weighted by Gasteiger charge is -2.27. The Morgan fingerprint density at radius 3 is 2.95 bits per heavy atom. The summed E-state index contributed by atoms with van der Waals surface area (Å²) in [6.07, 6.45) is 2.36. The summed E-state index contributed by atoms with van der Waals surface area (Å²) in [6.45, 7) is 5.54. The predicted molar refractivity (Wildman–Crippen MR) is 80.6 cm³/mol. The van der Waals surface area contributed by atoms with Crippen LogP contribution in [0.25, 0.3) is 0 Å². The standard InChI is InChI=1S/C13H21N3OS2/c1-3-9-11(19-7-6-18-9)12-15-13(17-16-12)10-8(2)4-5-14-10/h8-11,14H,3-7H2,1-2H3. The first kappa shape index (κ1) is 13.8. The molecule has 1 N–H and O–H groups in total. The summed E-state index contributed by atoms with van der Waals surface area (Å²) in [4.78, 5) is 4.69. The zero-order valence-corrected chi connectivity index (χ0v) is 13.1. The Hall–Kier alpha value is -0.200. The molecule has 0 bridgehead atoms. The third-order valence-electron chi connectivity index (χ3n) is 3.96. The van der Waals surface area contributed by atoms with Gasteiger partial charge in [-0.3, -0.25) is 0 Å². The van der Waals surface area contributed by atoms with Crippen LogP contribution in [-0.2, 0) is 0 Å². The van der Waals surface area contributed by atoms with Gasteiger partial charge in [0, 0.05) is 16.8 Å². The fourth-order valence-corrected chi connectivity index (χ4v) is 5.78. The van der Waals surface area contributed by atoms with Gasteiger partial charge in [0.2, 0.25) is 5.89 Å². The van der Waals surface area contributed by atoms with E-state index < -0.39 is 0 Å². The van der Waals surface area contributed by atoms with Gasteiger partial charge >= 0.3 is 0 Å². The topological polar surface area (TPSA) is 51.0 Å². The number of aromatic nitrogens is 2. The van der Waals surface area contributed by atoms with Gasteiger partial charge in [-0.15, -0.1) is 11.8 Å². The Morgan fingerprint density at radius 2 is 2.21 bits per heavy atom. The summed E-state index contributed by atoms with van der Waals surface area (Å²) in [5, 5.41) is 8.74. The lowest BCUT2D eigenvalue weighted by molar-refractivity contribution is 0.316. The highest BCUT2D eigenvalue weighted by atomic mass is 32.2. The van der Waals surface area contributed by atoms with Crippen LogP contribution in [0.1, 0.15) is 49.7 Å². The minimum Gasteiger partial charge on any atom is -0.338 e. The molecule has 106 valence electrons.